The molecule has 2 aromatic carbocycles. The van der Waals surface area contributed by atoms with E-state index in [9.17, 15) is 9.18 Å². The number of piperidine rings is 1. The molecule has 4 atom stereocenters. The Labute approximate surface area is 272 Å². The molecule has 7 heterocycles. The predicted molar refractivity (Wildman–Crippen MR) is 176 cm³/mol. The number of nitrogens with zero attached hydrogens (tertiary/aromatic N) is 5. The van der Waals surface area contributed by atoms with E-state index in [-0.39, 0.29) is 29.9 Å². The van der Waals surface area contributed by atoms with E-state index in [1.807, 2.05) is 55.1 Å². The van der Waals surface area contributed by atoms with Gasteiger partial charge in [-0.1, -0.05) is 36.4 Å². The van der Waals surface area contributed by atoms with Crippen LogP contribution in [0.2, 0.25) is 0 Å². The Bertz CT molecular complexity index is 1870. The van der Waals surface area contributed by atoms with Crippen LogP contribution in [0.1, 0.15) is 57.9 Å². The van der Waals surface area contributed by atoms with Gasteiger partial charge in [0.2, 0.25) is 0 Å². The van der Waals surface area contributed by atoms with Gasteiger partial charge in [-0.2, -0.15) is 9.97 Å². The van der Waals surface area contributed by atoms with Crippen molar-refractivity contribution in [2.45, 2.75) is 82.1 Å². The lowest BCUT2D eigenvalue weighted by atomic mass is 9.91. The summed E-state index contributed by atoms with van der Waals surface area (Å²) in [6.45, 7) is 6.44. The number of anilines is 1. The summed E-state index contributed by atoms with van der Waals surface area (Å²) in [5.41, 5.74) is 0.995. The largest absolute Gasteiger partial charge is 0.461 e. The maximum absolute atomic E-state index is 17.0. The van der Waals surface area contributed by atoms with E-state index in [2.05, 4.69) is 15.2 Å². The highest BCUT2D eigenvalue weighted by Gasteiger charge is 2.49. The van der Waals surface area contributed by atoms with Crippen molar-refractivity contribution < 1.29 is 23.0 Å². The molecule has 6 bridgehead atoms. The summed E-state index contributed by atoms with van der Waals surface area (Å²) < 4.78 is 43.7. The first-order chi connectivity index (χ1) is 22.7. The summed E-state index contributed by atoms with van der Waals surface area (Å²) in [6.07, 6.45) is 4.96. The van der Waals surface area contributed by atoms with Gasteiger partial charge >= 0.3 is 12.1 Å². The number of nitrogens with one attached hydrogen (secondary N) is 1. The van der Waals surface area contributed by atoms with Gasteiger partial charge in [-0.05, 0) is 75.3 Å². The number of pyridine rings is 1. The fraction of sp³-hybridized carbons (Fsp3) is 0.500. The highest BCUT2D eigenvalue weighted by molar-refractivity contribution is 6.00. The van der Waals surface area contributed by atoms with E-state index in [4.69, 9.17) is 19.4 Å². The second-order valence-corrected chi connectivity index (χ2v) is 14.2. The third kappa shape index (κ3) is 5.42. The fourth-order valence-corrected chi connectivity index (χ4v) is 8.39. The average Bonchev–Trinajstić information content (AvgIpc) is 3.57. The van der Waals surface area contributed by atoms with Crippen LogP contribution < -0.4 is 15.0 Å². The summed E-state index contributed by atoms with van der Waals surface area (Å²) in [5, 5.41) is 5.46. The molecule has 11 heteroatoms. The van der Waals surface area contributed by atoms with Crippen molar-refractivity contribution in [2.75, 3.05) is 37.7 Å². The molecule has 9 rings (SSSR count). The molecule has 5 aliphatic rings. The minimum atomic E-state index is -0.895. The Morgan fingerprint density at radius 1 is 1.13 bits per heavy atom. The summed E-state index contributed by atoms with van der Waals surface area (Å²) in [5.74, 6) is -0.0476. The number of carbonyl (C=O) groups excluding carboxylic acids is 1. The van der Waals surface area contributed by atoms with Gasteiger partial charge in [0.25, 0.3) is 0 Å². The molecular formula is C36H40F2N6O3. The lowest BCUT2D eigenvalue weighted by Crippen LogP contribution is -2.57. The number of carbonyl (C=O) groups is 1. The van der Waals surface area contributed by atoms with Gasteiger partial charge in [0.05, 0.1) is 16.5 Å². The second kappa shape index (κ2) is 11.5. The van der Waals surface area contributed by atoms with Crippen molar-refractivity contribution in [3.8, 4) is 17.3 Å². The standard InChI is InChI=1S/C36H40F2N6O3/c1-22-11-12-24-8-3-7-23-9-4-10-26(28(23)24)30-29(38)31-27(18-39-30)32(43-15-5-13-35(2,20-43)42-34(45)47-22)41-33(40-31)46-21-36-14-6-16-44(36)19-25(37)17-36/h3-4,7-10,18,22,25H,5-6,11-17,19-21H2,1-2H3,(H,42,45)/t22?,25-,35-,36+/m1/s1. The van der Waals surface area contributed by atoms with Gasteiger partial charge in [-0.15, -0.1) is 0 Å². The number of ether oxygens (including phenoxy) is 2. The molecule has 3 saturated heterocycles. The number of aromatic nitrogens is 3. The molecule has 47 heavy (non-hydrogen) atoms. The third-order valence-electron chi connectivity index (χ3n) is 10.6. The minimum absolute atomic E-state index is 0.0529. The number of benzene rings is 2. The monoisotopic (exact) mass is 642 g/mol. The molecule has 1 amide bonds. The van der Waals surface area contributed by atoms with Gasteiger partial charge < -0.3 is 19.7 Å². The zero-order valence-corrected chi connectivity index (χ0v) is 26.9. The number of fused-ring (bicyclic) bond motifs is 7. The van der Waals surface area contributed by atoms with Crippen molar-refractivity contribution in [3.63, 3.8) is 0 Å². The fourth-order valence-electron chi connectivity index (χ4n) is 8.39. The summed E-state index contributed by atoms with van der Waals surface area (Å²) in [7, 11) is 0. The quantitative estimate of drug-likeness (QED) is 0.276. The zero-order chi connectivity index (χ0) is 32.3. The van der Waals surface area contributed by atoms with E-state index in [1.54, 1.807) is 6.20 Å². The highest BCUT2D eigenvalue weighted by Crippen LogP contribution is 2.41. The van der Waals surface area contributed by atoms with E-state index in [0.717, 1.165) is 48.6 Å². The molecule has 0 aliphatic carbocycles. The Balaban J connectivity index is 1.29. The summed E-state index contributed by atoms with van der Waals surface area (Å²) in [6, 6.07) is 11.9. The van der Waals surface area contributed by atoms with Gasteiger partial charge in [0.15, 0.2) is 5.82 Å². The first-order valence-electron chi connectivity index (χ1n) is 16.8. The average molecular weight is 643 g/mol. The van der Waals surface area contributed by atoms with Crippen LogP contribution in [-0.2, 0) is 11.2 Å². The summed E-state index contributed by atoms with van der Waals surface area (Å²) in [4.78, 5) is 31.6. The van der Waals surface area contributed by atoms with E-state index >= 15 is 4.39 Å². The van der Waals surface area contributed by atoms with Gasteiger partial charge in [-0.3, -0.25) is 9.88 Å². The molecule has 0 spiro atoms. The van der Waals surface area contributed by atoms with Crippen molar-refractivity contribution in [1.29, 1.82) is 0 Å². The Morgan fingerprint density at radius 3 is 2.83 bits per heavy atom. The molecule has 5 aliphatic heterocycles. The molecule has 4 aromatic rings. The number of hydrogen-bond donors (Lipinski definition) is 1. The van der Waals surface area contributed by atoms with Crippen molar-refractivity contribution in [1.82, 2.24) is 25.2 Å². The smallest absolute Gasteiger partial charge is 0.407 e. The number of amides is 1. The number of alkyl halides is 1. The molecule has 1 N–H and O–H groups in total. The molecule has 246 valence electrons. The first-order valence-corrected chi connectivity index (χ1v) is 16.8. The van der Waals surface area contributed by atoms with E-state index < -0.39 is 29.2 Å². The molecule has 0 radical (unpaired) electrons. The Hall–Kier alpha value is -4.12. The number of rotatable bonds is 3. The van der Waals surface area contributed by atoms with Crippen molar-refractivity contribution in [3.05, 3.63) is 54.0 Å². The van der Waals surface area contributed by atoms with Crippen molar-refractivity contribution in [2.24, 2.45) is 0 Å². The van der Waals surface area contributed by atoms with Crippen molar-refractivity contribution >= 4 is 33.6 Å². The van der Waals surface area contributed by atoms with E-state index in [0.29, 0.717) is 55.7 Å². The third-order valence-corrected chi connectivity index (χ3v) is 10.6. The van der Waals surface area contributed by atoms with E-state index in [1.165, 1.54) is 0 Å². The highest BCUT2D eigenvalue weighted by atomic mass is 19.1. The van der Waals surface area contributed by atoms with Crippen LogP contribution in [-0.4, -0.2) is 82.1 Å². The molecule has 0 saturated carbocycles. The van der Waals surface area contributed by atoms with Crippen LogP contribution in [0.5, 0.6) is 6.01 Å². The normalized spacial score (nSPS) is 28.0. The Kier molecular flexibility index (Phi) is 7.42. The lowest BCUT2D eigenvalue weighted by Gasteiger charge is -2.41. The van der Waals surface area contributed by atoms with Crippen LogP contribution in [0.3, 0.4) is 0 Å². The molecule has 9 nitrogen and oxygen atoms in total. The number of alkyl carbamates (subject to hydrolysis) is 1. The molecule has 1 unspecified atom stereocenters. The molecule has 2 aromatic heterocycles. The number of hydrogen-bond acceptors (Lipinski definition) is 8. The molecular weight excluding hydrogens is 602 g/mol. The van der Waals surface area contributed by atoms with Crippen LogP contribution >= 0.6 is 0 Å². The number of halogens is 2. The topological polar surface area (TPSA) is 92.7 Å². The lowest BCUT2D eigenvalue weighted by molar-refractivity contribution is 0.0915. The second-order valence-electron chi connectivity index (χ2n) is 14.2. The van der Waals surface area contributed by atoms with Gasteiger partial charge in [0.1, 0.15) is 35.9 Å². The maximum Gasteiger partial charge on any atom is 0.407 e. The Morgan fingerprint density at radius 2 is 1.96 bits per heavy atom. The summed E-state index contributed by atoms with van der Waals surface area (Å²) >= 11 is 0. The zero-order valence-electron chi connectivity index (χ0n) is 26.9. The molecule has 3 fully saturated rings. The van der Waals surface area contributed by atoms with Crippen LogP contribution in [0.4, 0.5) is 19.4 Å². The number of aryl methyl sites for hydroxylation is 1. The minimum Gasteiger partial charge on any atom is -0.461 e. The first kappa shape index (κ1) is 30.2. The van der Waals surface area contributed by atoms with Crippen LogP contribution in [0, 0.1) is 5.82 Å². The van der Waals surface area contributed by atoms with Gasteiger partial charge in [0, 0.05) is 37.8 Å². The van der Waals surface area contributed by atoms with Gasteiger partial charge in [-0.25, -0.2) is 13.6 Å². The maximum atomic E-state index is 17.0. The predicted octanol–water partition coefficient (Wildman–Crippen LogP) is 6.36. The SMILES string of the molecule is CC1CCc2cccc3cccc(c23)-c2ncc3c(nc(OC[C@@]45CCCN4C[C@H](F)C5)nc3c2F)N2CCC[C@](C)(C2)NC(=O)O1. The van der Waals surface area contributed by atoms with Crippen LogP contribution in [0.25, 0.3) is 32.9 Å². The van der Waals surface area contributed by atoms with Crippen LogP contribution in [0.15, 0.2) is 42.6 Å².